The smallest absolute Gasteiger partial charge is 0.320 e. The number of hydrogen-bond donors (Lipinski definition) is 2. The lowest BCUT2D eigenvalue weighted by atomic mass is 10.2. The van der Waals surface area contributed by atoms with Crippen LogP contribution >= 0.6 is 0 Å². The molecule has 0 radical (unpaired) electrons. The highest BCUT2D eigenvalue weighted by atomic mass is 16.5. The molecule has 1 unspecified atom stereocenters. The van der Waals surface area contributed by atoms with Gasteiger partial charge in [-0.15, -0.1) is 5.10 Å². The predicted molar refractivity (Wildman–Crippen MR) is 72.8 cm³/mol. The van der Waals surface area contributed by atoms with E-state index in [9.17, 15) is 0 Å². The van der Waals surface area contributed by atoms with E-state index in [4.69, 9.17) is 9.15 Å². The second-order valence-corrected chi connectivity index (χ2v) is 4.26. The highest BCUT2D eigenvalue weighted by Gasteiger charge is 2.12. The van der Waals surface area contributed by atoms with E-state index in [1.807, 2.05) is 39.1 Å². The van der Waals surface area contributed by atoms with Crippen LogP contribution in [0.2, 0.25) is 0 Å². The number of nitrogens with one attached hydrogen (secondary N) is 2. The molecule has 2 rings (SSSR count). The monoisotopic (exact) mass is 262 g/mol. The molecule has 19 heavy (non-hydrogen) atoms. The zero-order valence-corrected chi connectivity index (χ0v) is 11.5. The van der Waals surface area contributed by atoms with Crippen LogP contribution in [0.5, 0.6) is 5.75 Å². The van der Waals surface area contributed by atoms with E-state index in [0.717, 1.165) is 17.0 Å². The molecule has 0 fully saturated rings. The summed E-state index contributed by atoms with van der Waals surface area (Å²) in [5, 5.41) is 14.1. The van der Waals surface area contributed by atoms with E-state index in [2.05, 4.69) is 20.8 Å². The van der Waals surface area contributed by atoms with Gasteiger partial charge in [-0.25, -0.2) is 0 Å². The van der Waals surface area contributed by atoms with Gasteiger partial charge in [0, 0.05) is 5.69 Å². The summed E-state index contributed by atoms with van der Waals surface area (Å²) in [5.74, 6) is 1.37. The summed E-state index contributed by atoms with van der Waals surface area (Å²) in [6.45, 7) is 3.94. The average molecular weight is 262 g/mol. The molecule has 1 atom stereocenters. The van der Waals surface area contributed by atoms with Gasteiger partial charge in [0.1, 0.15) is 5.75 Å². The Morgan fingerprint density at radius 3 is 2.74 bits per heavy atom. The standard InChI is InChI=1S/C13H18N4O2/c1-8-7-10(18-4)5-6-11(8)15-13-17-16-12(19-13)9(2)14-3/h5-7,9,14H,1-4H3,(H,15,17). The molecule has 2 N–H and O–H groups in total. The maximum atomic E-state index is 5.52. The van der Waals surface area contributed by atoms with Gasteiger partial charge in [-0.2, -0.15) is 0 Å². The normalized spacial score (nSPS) is 12.2. The largest absolute Gasteiger partial charge is 0.497 e. The van der Waals surface area contributed by atoms with Gasteiger partial charge >= 0.3 is 6.01 Å². The summed E-state index contributed by atoms with van der Waals surface area (Å²) in [5.41, 5.74) is 1.95. The molecular weight excluding hydrogens is 244 g/mol. The van der Waals surface area contributed by atoms with Crippen molar-refractivity contribution in [1.82, 2.24) is 15.5 Å². The van der Waals surface area contributed by atoms with Gasteiger partial charge in [0.15, 0.2) is 0 Å². The molecule has 6 nitrogen and oxygen atoms in total. The molecule has 0 bridgehead atoms. The minimum atomic E-state index is 0.0278. The van der Waals surface area contributed by atoms with Crippen molar-refractivity contribution < 1.29 is 9.15 Å². The van der Waals surface area contributed by atoms with Crippen molar-refractivity contribution in [1.29, 1.82) is 0 Å². The number of nitrogens with zero attached hydrogens (tertiary/aromatic N) is 2. The van der Waals surface area contributed by atoms with Gasteiger partial charge in [-0.05, 0) is 44.7 Å². The third-order valence-corrected chi connectivity index (χ3v) is 2.92. The first kappa shape index (κ1) is 13.4. The van der Waals surface area contributed by atoms with Gasteiger partial charge in [0.25, 0.3) is 0 Å². The first-order valence-electron chi connectivity index (χ1n) is 6.06. The second kappa shape index (κ2) is 5.71. The molecule has 0 saturated heterocycles. The van der Waals surface area contributed by atoms with Crippen LogP contribution in [0.1, 0.15) is 24.4 Å². The average Bonchev–Trinajstić information content (AvgIpc) is 2.88. The number of methoxy groups -OCH3 is 1. The Bertz CT molecular complexity index is 553. The van der Waals surface area contributed by atoms with Gasteiger partial charge in [0.05, 0.1) is 13.2 Å². The maximum absolute atomic E-state index is 5.52. The fourth-order valence-corrected chi connectivity index (χ4v) is 1.60. The van der Waals surface area contributed by atoms with E-state index in [0.29, 0.717) is 11.9 Å². The third-order valence-electron chi connectivity index (χ3n) is 2.92. The third kappa shape index (κ3) is 3.03. The van der Waals surface area contributed by atoms with Gasteiger partial charge < -0.3 is 19.8 Å². The number of benzene rings is 1. The molecular formula is C13H18N4O2. The zero-order chi connectivity index (χ0) is 13.8. The Morgan fingerprint density at radius 1 is 1.32 bits per heavy atom. The van der Waals surface area contributed by atoms with E-state index in [-0.39, 0.29) is 6.04 Å². The van der Waals surface area contributed by atoms with E-state index < -0.39 is 0 Å². The molecule has 0 amide bonds. The van der Waals surface area contributed by atoms with Crippen LogP contribution in [0.15, 0.2) is 22.6 Å². The Balaban J connectivity index is 2.15. The number of anilines is 2. The molecule has 0 aliphatic carbocycles. The van der Waals surface area contributed by atoms with Crippen LogP contribution in [-0.4, -0.2) is 24.4 Å². The molecule has 0 spiro atoms. The quantitative estimate of drug-likeness (QED) is 0.862. The minimum absolute atomic E-state index is 0.0278. The van der Waals surface area contributed by atoms with Crippen molar-refractivity contribution >= 4 is 11.7 Å². The Kier molecular flexibility index (Phi) is 4.01. The zero-order valence-electron chi connectivity index (χ0n) is 11.5. The first-order chi connectivity index (χ1) is 9.13. The fourth-order valence-electron chi connectivity index (χ4n) is 1.60. The molecule has 2 aromatic rings. The number of hydrogen-bond acceptors (Lipinski definition) is 6. The molecule has 0 aliphatic heterocycles. The van der Waals surface area contributed by atoms with Crippen LogP contribution in [0, 0.1) is 6.92 Å². The lowest BCUT2D eigenvalue weighted by molar-refractivity contribution is 0.414. The number of rotatable bonds is 5. The summed E-state index contributed by atoms with van der Waals surface area (Å²) in [4.78, 5) is 0. The van der Waals surface area contributed by atoms with Crippen LogP contribution < -0.4 is 15.4 Å². The van der Waals surface area contributed by atoms with Crippen molar-refractivity contribution in [3.63, 3.8) is 0 Å². The minimum Gasteiger partial charge on any atom is -0.497 e. The molecule has 1 aromatic carbocycles. The summed E-state index contributed by atoms with van der Waals surface area (Å²) in [6.07, 6.45) is 0. The van der Waals surface area contributed by atoms with Crippen molar-refractivity contribution in [3.8, 4) is 5.75 Å². The van der Waals surface area contributed by atoms with Crippen LogP contribution in [0.4, 0.5) is 11.7 Å². The lowest BCUT2D eigenvalue weighted by Crippen LogP contribution is -2.12. The molecule has 0 aliphatic rings. The number of aryl methyl sites for hydroxylation is 1. The Hall–Kier alpha value is -2.08. The van der Waals surface area contributed by atoms with Crippen molar-refractivity contribution in [3.05, 3.63) is 29.7 Å². The maximum Gasteiger partial charge on any atom is 0.320 e. The van der Waals surface area contributed by atoms with Crippen LogP contribution in [0.25, 0.3) is 0 Å². The Morgan fingerprint density at radius 2 is 2.11 bits per heavy atom. The van der Waals surface area contributed by atoms with Crippen molar-refractivity contribution in [2.24, 2.45) is 0 Å². The van der Waals surface area contributed by atoms with E-state index in [1.54, 1.807) is 7.11 Å². The SMILES string of the molecule is CNC(C)c1nnc(Nc2ccc(OC)cc2C)o1. The Labute approximate surface area is 112 Å². The molecule has 0 saturated carbocycles. The molecule has 102 valence electrons. The molecule has 6 heteroatoms. The second-order valence-electron chi connectivity index (χ2n) is 4.26. The highest BCUT2D eigenvalue weighted by molar-refractivity contribution is 5.58. The summed E-state index contributed by atoms with van der Waals surface area (Å²) in [7, 11) is 3.49. The van der Waals surface area contributed by atoms with E-state index in [1.165, 1.54) is 0 Å². The van der Waals surface area contributed by atoms with Gasteiger partial charge in [-0.3, -0.25) is 0 Å². The van der Waals surface area contributed by atoms with Crippen LogP contribution in [0.3, 0.4) is 0 Å². The predicted octanol–water partition coefficient (Wildman–Crippen LogP) is 2.41. The molecule has 1 aromatic heterocycles. The number of aromatic nitrogens is 2. The number of ether oxygens (including phenoxy) is 1. The van der Waals surface area contributed by atoms with Crippen molar-refractivity contribution in [2.75, 3.05) is 19.5 Å². The highest BCUT2D eigenvalue weighted by Crippen LogP contribution is 2.24. The summed E-state index contributed by atoms with van der Waals surface area (Å²) < 4.78 is 10.7. The van der Waals surface area contributed by atoms with Gasteiger partial charge in [0.2, 0.25) is 5.89 Å². The summed E-state index contributed by atoms with van der Waals surface area (Å²) in [6, 6.07) is 6.14. The fraction of sp³-hybridized carbons (Fsp3) is 0.385. The lowest BCUT2D eigenvalue weighted by Gasteiger charge is -2.07. The van der Waals surface area contributed by atoms with Gasteiger partial charge in [-0.1, -0.05) is 5.10 Å². The topological polar surface area (TPSA) is 72.2 Å². The van der Waals surface area contributed by atoms with Crippen molar-refractivity contribution in [2.45, 2.75) is 19.9 Å². The first-order valence-corrected chi connectivity index (χ1v) is 6.06. The van der Waals surface area contributed by atoms with Crippen LogP contribution in [-0.2, 0) is 0 Å². The molecule has 1 heterocycles. The summed E-state index contributed by atoms with van der Waals surface area (Å²) >= 11 is 0. The van der Waals surface area contributed by atoms with E-state index >= 15 is 0 Å².